The van der Waals surface area contributed by atoms with Crippen LogP contribution in [0.15, 0.2) is 12.1 Å². The van der Waals surface area contributed by atoms with Crippen LogP contribution in [-0.2, 0) is 6.42 Å². The van der Waals surface area contributed by atoms with E-state index in [1.165, 1.54) is 24.8 Å². The summed E-state index contributed by atoms with van der Waals surface area (Å²) >= 11 is 0. The average molecular weight is 333 g/mol. The molecule has 22 heavy (non-hydrogen) atoms. The zero-order valence-corrected chi connectivity index (χ0v) is 19.1. The number of unbranched alkanes of at least 4 members (excludes halogenated alkanes) is 1. The summed E-state index contributed by atoms with van der Waals surface area (Å²) in [5.74, 6) is 0.968. The second-order valence-electron chi connectivity index (χ2n) is 5.97. The molecule has 0 aliphatic heterocycles. The summed E-state index contributed by atoms with van der Waals surface area (Å²) in [5.41, 5.74) is 2.21. The Bertz CT molecular complexity index is 374. The summed E-state index contributed by atoms with van der Waals surface area (Å²) in [6.07, 6.45) is 6.73. The molecule has 1 rings (SSSR count). The van der Waals surface area contributed by atoms with Crippen LogP contribution in [0.3, 0.4) is 0 Å². The number of hydrogen-bond acceptors (Lipinski definition) is 0. The molecule has 1 aromatic rings. The summed E-state index contributed by atoms with van der Waals surface area (Å²) in [7, 11) is 0. The maximum absolute atomic E-state index is 13.7. The standard InChI is InChI=1S/C18H28F.C2H6.K/c1-5-7-8-16(6-2)17-11-15(10-9-14(3)4)12-18(19)13-17;1-2;/h11,13-14,16H,5-10H2,1-4H3;1-2H3;/q-1;;+1. The van der Waals surface area contributed by atoms with Gasteiger partial charge in [-0.05, 0) is 24.7 Å². The number of rotatable bonds is 8. The Morgan fingerprint density at radius 1 is 1.09 bits per heavy atom. The van der Waals surface area contributed by atoms with E-state index >= 15 is 0 Å². The Kier molecular flexibility index (Phi) is 17.4. The van der Waals surface area contributed by atoms with Gasteiger partial charge in [0.25, 0.3) is 0 Å². The predicted molar refractivity (Wildman–Crippen MR) is 92.3 cm³/mol. The Morgan fingerprint density at radius 3 is 2.23 bits per heavy atom. The van der Waals surface area contributed by atoms with E-state index in [-0.39, 0.29) is 57.2 Å². The first-order valence-corrected chi connectivity index (χ1v) is 8.78. The monoisotopic (exact) mass is 332 g/mol. The Morgan fingerprint density at radius 2 is 1.73 bits per heavy atom. The predicted octanol–water partition coefficient (Wildman–Crippen LogP) is 3.93. The Labute approximate surface area is 181 Å². The minimum absolute atomic E-state index is 0. The van der Waals surface area contributed by atoms with Gasteiger partial charge in [-0.1, -0.05) is 67.2 Å². The first kappa shape index (κ1) is 25.0. The minimum Gasteiger partial charge on any atom is -0.236 e. The number of benzene rings is 1. The topological polar surface area (TPSA) is 0 Å². The Hall–Kier alpha value is 0.786. The number of aryl methyl sites for hydroxylation is 1. The molecule has 0 saturated heterocycles. The van der Waals surface area contributed by atoms with E-state index in [1.54, 1.807) is 6.07 Å². The van der Waals surface area contributed by atoms with Crippen molar-refractivity contribution in [1.82, 2.24) is 0 Å². The van der Waals surface area contributed by atoms with Gasteiger partial charge in [-0.3, -0.25) is 0 Å². The van der Waals surface area contributed by atoms with E-state index < -0.39 is 0 Å². The van der Waals surface area contributed by atoms with Gasteiger partial charge in [-0.15, -0.1) is 12.1 Å². The van der Waals surface area contributed by atoms with Crippen LogP contribution in [0.2, 0.25) is 0 Å². The maximum Gasteiger partial charge on any atom is 1.00 e. The SMILES string of the molecule is CC.CCCCC(CC)c1cc(F)[c-]c(CCC(C)C)c1.[K+]. The molecule has 0 nitrogen and oxygen atoms in total. The summed E-state index contributed by atoms with van der Waals surface area (Å²) in [6, 6.07) is 6.73. The summed E-state index contributed by atoms with van der Waals surface area (Å²) < 4.78 is 13.7. The van der Waals surface area contributed by atoms with Crippen LogP contribution in [0.4, 0.5) is 4.39 Å². The van der Waals surface area contributed by atoms with Gasteiger partial charge in [0.1, 0.15) is 0 Å². The van der Waals surface area contributed by atoms with Crippen molar-refractivity contribution >= 4 is 0 Å². The van der Waals surface area contributed by atoms with Gasteiger partial charge in [0, 0.05) is 5.82 Å². The van der Waals surface area contributed by atoms with Crippen molar-refractivity contribution in [2.45, 2.75) is 86.0 Å². The van der Waals surface area contributed by atoms with Gasteiger partial charge in [0.05, 0.1) is 0 Å². The first-order valence-electron chi connectivity index (χ1n) is 8.78. The third kappa shape index (κ3) is 10.5. The van der Waals surface area contributed by atoms with Crippen molar-refractivity contribution in [2.24, 2.45) is 5.92 Å². The summed E-state index contributed by atoms with van der Waals surface area (Å²) in [4.78, 5) is 0. The largest absolute Gasteiger partial charge is 1.00 e. The van der Waals surface area contributed by atoms with Crippen LogP contribution < -0.4 is 51.4 Å². The first-order chi connectivity index (χ1) is 10.1. The molecule has 0 radical (unpaired) electrons. The van der Waals surface area contributed by atoms with E-state index in [9.17, 15) is 4.39 Å². The van der Waals surface area contributed by atoms with Crippen molar-refractivity contribution in [3.05, 3.63) is 35.1 Å². The van der Waals surface area contributed by atoms with Crippen LogP contribution in [0.1, 0.15) is 90.7 Å². The van der Waals surface area contributed by atoms with Gasteiger partial charge < -0.3 is 0 Å². The molecule has 0 spiro atoms. The maximum atomic E-state index is 13.7. The zero-order chi connectivity index (χ0) is 16.3. The van der Waals surface area contributed by atoms with E-state index in [2.05, 4.69) is 39.8 Å². The fourth-order valence-corrected chi connectivity index (χ4v) is 2.49. The average Bonchev–Trinajstić information content (AvgIpc) is 2.47. The Balaban J connectivity index is 0. The van der Waals surface area contributed by atoms with E-state index in [1.807, 2.05) is 13.8 Å². The third-order valence-corrected chi connectivity index (χ3v) is 3.78. The van der Waals surface area contributed by atoms with Crippen LogP contribution in [0.5, 0.6) is 0 Å². The number of hydrogen-bond donors (Lipinski definition) is 0. The molecule has 1 aromatic carbocycles. The van der Waals surface area contributed by atoms with Gasteiger partial charge in [0.15, 0.2) is 0 Å². The normalized spacial score (nSPS) is 11.5. The van der Waals surface area contributed by atoms with Gasteiger partial charge in [-0.25, -0.2) is 4.39 Å². The smallest absolute Gasteiger partial charge is 0.236 e. The van der Waals surface area contributed by atoms with E-state index in [0.29, 0.717) is 11.8 Å². The molecular formula is C20H34FK. The zero-order valence-electron chi connectivity index (χ0n) is 15.9. The molecule has 2 heteroatoms. The summed E-state index contributed by atoms with van der Waals surface area (Å²) in [6.45, 7) is 12.8. The van der Waals surface area contributed by atoms with Crippen molar-refractivity contribution < 1.29 is 55.8 Å². The third-order valence-electron chi connectivity index (χ3n) is 3.78. The van der Waals surface area contributed by atoms with Gasteiger partial charge in [0.2, 0.25) is 0 Å². The van der Waals surface area contributed by atoms with Gasteiger partial charge in [-0.2, -0.15) is 17.2 Å². The van der Waals surface area contributed by atoms with Crippen LogP contribution >= 0.6 is 0 Å². The minimum atomic E-state index is -0.189. The molecule has 1 atom stereocenters. The van der Waals surface area contributed by atoms with Crippen molar-refractivity contribution in [3.63, 3.8) is 0 Å². The second-order valence-corrected chi connectivity index (χ2v) is 5.97. The molecule has 0 aliphatic carbocycles. The van der Waals surface area contributed by atoms with Crippen molar-refractivity contribution in [1.29, 1.82) is 0 Å². The molecule has 122 valence electrons. The van der Waals surface area contributed by atoms with Crippen LogP contribution in [-0.4, -0.2) is 0 Å². The molecule has 0 bridgehead atoms. The van der Waals surface area contributed by atoms with E-state index in [4.69, 9.17) is 0 Å². The van der Waals surface area contributed by atoms with Crippen LogP contribution in [0, 0.1) is 17.8 Å². The fourth-order valence-electron chi connectivity index (χ4n) is 2.49. The molecule has 0 fully saturated rings. The van der Waals surface area contributed by atoms with Crippen molar-refractivity contribution in [3.8, 4) is 0 Å². The molecular weight excluding hydrogens is 298 g/mol. The second kappa shape index (κ2) is 15.3. The fraction of sp³-hybridized carbons (Fsp3) is 0.700. The molecule has 1 unspecified atom stereocenters. The molecule has 0 saturated carbocycles. The summed E-state index contributed by atoms with van der Waals surface area (Å²) in [5, 5.41) is 0. The number of halogens is 1. The molecule has 0 aliphatic rings. The van der Waals surface area contributed by atoms with E-state index in [0.717, 1.165) is 24.8 Å². The van der Waals surface area contributed by atoms with Crippen molar-refractivity contribution in [2.75, 3.05) is 0 Å². The molecule has 0 amide bonds. The molecule has 0 aromatic heterocycles. The molecule has 0 heterocycles. The van der Waals surface area contributed by atoms with Crippen LogP contribution in [0.25, 0.3) is 0 Å². The molecule has 0 N–H and O–H groups in total. The quantitative estimate of drug-likeness (QED) is 0.500. The van der Waals surface area contributed by atoms with Gasteiger partial charge >= 0.3 is 51.4 Å².